The predicted octanol–water partition coefficient (Wildman–Crippen LogP) is 1.31. The monoisotopic (exact) mass is 219 g/mol. The molecule has 0 bridgehead atoms. The molecule has 0 aliphatic carbocycles. The quantitative estimate of drug-likeness (QED) is 0.770. The van der Waals surface area contributed by atoms with E-state index in [4.69, 9.17) is 0 Å². The van der Waals surface area contributed by atoms with Gasteiger partial charge < -0.3 is 9.88 Å². The van der Waals surface area contributed by atoms with E-state index in [1.807, 2.05) is 0 Å². The summed E-state index contributed by atoms with van der Waals surface area (Å²) in [7, 11) is 0. The van der Waals surface area contributed by atoms with E-state index in [-0.39, 0.29) is 0 Å². The second-order valence-electron chi connectivity index (χ2n) is 3.73. The van der Waals surface area contributed by atoms with Gasteiger partial charge in [0.2, 0.25) is 0 Å². The fourth-order valence-corrected chi connectivity index (χ4v) is 1.69. The van der Waals surface area contributed by atoms with E-state index in [1.165, 1.54) is 12.0 Å². The summed E-state index contributed by atoms with van der Waals surface area (Å²) in [5.41, 5.74) is 1.31. The van der Waals surface area contributed by atoms with Gasteiger partial charge in [0.05, 0.1) is 6.54 Å². The van der Waals surface area contributed by atoms with Gasteiger partial charge in [-0.1, -0.05) is 6.92 Å². The van der Waals surface area contributed by atoms with Crippen molar-refractivity contribution >= 4 is 0 Å². The summed E-state index contributed by atoms with van der Waals surface area (Å²) < 4.78 is 2.27. The molecular formula is C11H17N5. The van der Waals surface area contributed by atoms with Crippen LogP contribution in [0, 0.1) is 0 Å². The van der Waals surface area contributed by atoms with Crippen LogP contribution < -0.4 is 5.32 Å². The Morgan fingerprint density at radius 1 is 1.44 bits per heavy atom. The molecule has 2 aromatic heterocycles. The van der Waals surface area contributed by atoms with Gasteiger partial charge in [0.25, 0.3) is 0 Å². The molecule has 0 aliphatic heterocycles. The molecule has 0 aliphatic rings. The van der Waals surface area contributed by atoms with E-state index < -0.39 is 0 Å². The molecule has 0 aromatic carbocycles. The third-order valence-corrected chi connectivity index (χ3v) is 2.45. The molecule has 2 heterocycles. The fourth-order valence-electron chi connectivity index (χ4n) is 1.69. The van der Waals surface area contributed by atoms with Gasteiger partial charge >= 0.3 is 0 Å². The highest BCUT2D eigenvalue weighted by Crippen LogP contribution is 2.03. The largest absolute Gasteiger partial charge is 0.350 e. The van der Waals surface area contributed by atoms with Crippen LogP contribution in [-0.2, 0) is 19.6 Å². The van der Waals surface area contributed by atoms with Crippen LogP contribution in [0.25, 0.3) is 0 Å². The highest BCUT2D eigenvalue weighted by molar-refractivity contribution is 5.06. The topological polar surface area (TPSA) is 58.5 Å². The molecule has 2 N–H and O–H groups in total. The Bertz CT molecular complexity index is 404. The van der Waals surface area contributed by atoms with Crippen molar-refractivity contribution in [2.75, 3.05) is 0 Å². The molecule has 16 heavy (non-hydrogen) atoms. The number of nitrogens with zero attached hydrogens (tertiary/aromatic N) is 3. The molecule has 2 aromatic rings. The molecule has 0 fully saturated rings. The third kappa shape index (κ3) is 2.70. The number of aromatic amines is 1. The summed E-state index contributed by atoms with van der Waals surface area (Å²) in [6.07, 6.45) is 4.80. The Morgan fingerprint density at radius 2 is 2.38 bits per heavy atom. The number of aromatic nitrogens is 4. The first-order valence-electron chi connectivity index (χ1n) is 5.59. The van der Waals surface area contributed by atoms with Crippen LogP contribution in [0.2, 0.25) is 0 Å². The molecule has 2 rings (SSSR count). The van der Waals surface area contributed by atoms with Crippen LogP contribution >= 0.6 is 0 Å². The Hall–Kier alpha value is -1.62. The summed E-state index contributed by atoms with van der Waals surface area (Å²) in [5, 5.41) is 9.96. The number of nitrogens with one attached hydrogen (secondary N) is 2. The highest BCUT2D eigenvalue weighted by atomic mass is 15.2. The minimum atomic E-state index is 0.720. The second kappa shape index (κ2) is 5.46. The molecule has 86 valence electrons. The zero-order valence-electron chi connectivity index (χ0n) is 9.48. The molecule has 0 radical (unpaired) electrons. The van der Waals surface area contributed by atoms with Gasteiger partial charge in [-0.15, -0.1) is 0 Å². The molecule has 0 amide bonds. The van der Waals surface area contributed by atoms with E-state index in [2.05, 4.69) is 50.3 Å². The van der Waals surface area contributed by atoms with E-state index in [0.29, 0.717) is 0 Å². The molecule has 0 saturated carbocycles. The molecule has 0 spiro atoms. The molecular weight excluding hydrogens is 202 g/mol. The molecule has 0 unspecified atom stereocenters. The lowest BCUT2D eigenvalue weighted by atomic mass is 10.4. The average Bonchev–Trinajstić information content (AvgIpc) is 2.91. The summed E-state index contributed by atoms with van der Waals surface area (Å²) in [4.78, 5) is 4.06. The number of aryl methyl sites for hydroxylation is 1. The zero-order valence-corrected chi connectivity index (χ0v) is 9.48. The van der Waals surface area contributed by atoms with Gasteiger partial charge in [-0.2, -0.15) is 5.10 Å². The van der Waals surface area contributed by atoms with Crippen LogP contribution in [0.3, 0.4) is 0 Å². The van der Waals surface area contributed by atoms with Crippen LogP contribution in [-0.4, -0.2) is 19.7 Å². The Kier molecular flexibility index (Phi) is 3.71. The summed E-state index contributed by atoms with van der Waals surface area (Å²) in [6.45, 7) is 4.84. The van der Waals surface area contributed by atoms with Gasteiger partial charge in [-0.25, -0.2) is 4.98 Å². The Labute approximate surface area is 94.9 Å². The number of hydrogen-bond acceptors (Lipinski definition) is 3. The third-order valence-electron chi connectivity index (χ3n) is 2.45. The smallest absolute Gasteiger partial charge is 0.138 e. The molecule has 5 nitrogen and oxygen atoms in total. The van der Waals surface area contributed by atoms with Crippen LogP contribution in [0.4, 0.5) is 0 Å². The Balaban J connectivity index is 1.82. The first-order valence-corrected chi connectivity index (χ1v) is 5.59. The highest BCUT2D eigenvalue weighted by Gasteiger charge is 2.00. The maximum absolute atomic E-state index is 4.06. The molecule has 5 heteroatoms. The molecule has 0 saturated heterocycles. The standard InChI is InChI=1S/C11H17N5/c1-2-5-16-6-3-4-10(16)7-12-8-11-13-9-14-15-11/h3-4,6,9,12H,2,5,7-8H2,1H3,(H,13,14,15). The van der Waals surface area contributed by atoms with Crippen LogP contribution in [0.15, 0.2) is 24.7 Å². The Morgan fingerprint density at radius 3 is 3.12 bits per heavy atom. The number of hydrogen-bond donors (Lipinski definition) is 2. The number of H-pyrrole nitrogens is 1. The van der Waals surface area contributed by atoms with Crippen molar-refractivity contribution in [3.05, 3.63) is 36.2 Å². The van der Waals surface area contributed by atoms with Gasteiger partial charge in [0, 0.05) is 25.0 Å². The van der Waals surface area contributed by atoms with Crippen molar-refractivity contribution in [3.8, 4) is 0 Å². The van der Waals surface area contributed by atoms with Crippen molar-refractivity contribution in [3.63, 3.8) is 0 Å². The van der Waals surface area contributed by atoms with Gasteiger partial charge in [-0.05, 0) is 18.6 Å². The summed E-state index contributed by atoms with van der Waals surface area (Å²) >= 11 is 0. The number of rotatable bonds is 6. The minimum absolute atomic E-state index is 0.720. The van der Waals surface area contributed by atoms with E-state index in [1.54, 1.807) is 0 Å². The fraction of sp³-hybridized carbons (Fsp3) is 0.455. The SMILES string of the molecule is CCCn1cccc1CNCc1ncn[nH]1. The predicted molar refractivity (Wildman–Crippen MR) is 61.6 cm³/mol. The average molecular weight is 219 g/mol. The van der Waals surface area contributed by atoms with Crippen molar-refractivity contribution < 1.29 is 0 Å². The second-order valence-corrected chi connectivity index (χ2v) is 3.73. The van der Waals surface area contributed by atoms with Crippen LogP contribution in [0.5, 0.6) is 0 Å². The zero-order chi connectivity index (χ0) is 11.2. The normalized spacial score (nSPS) is 10.8. The summed E-state index contributed by atoms with van der Waals surface area (Å²) in [5.74, 6) is 0.869. The van der Waals surface area contributed by atoms with Gasteiger partial charge in [0.1, 0.15) is 12.2 Å². The van der Waals surface area contributed by atoms with E-state index in [0.717, 1.165) is 31.9 Å². The van der Waals surface area contributed by atoms with E-state index >= 15 is 0 Å². The summed E-state index contributed by atoms with van der Waals surface area (Å²) in [6, 6.07) is 4.23. The maximum atomic E-state index is 4.06. The van der Waals surface area contributed by atoms with Crippen molar-refractivity contribution in [2.24, 2.45) is 0 Å². The lowest BCUT2D eigenvalue weighted by Crippen LogP contribution is -2.16. The van der Waals surface area contributed by atoms with Crippen LogP contribution in [0.1, 0.15) is 24.9 Å². The van der Waals surface area contributed by atoms with Crippen molar-refractivity contribution in [1.82, 2.24) is 25.1 Å². The van der Waals surface area contributed by atoms with E-state index in [9.17, 15) is 0 Å². The first-order chi connectivity index (χ1) is 7.90. The van der Waals surface area contributed by atoms with Gasteiger partial charge in [0.15, 0.2) is 0 Å². The van der Waals surface area contributed by atoms with Crippen molar-refractivity contribution in [1.29, 1.82) is 0 Å². The molecule has 0 atom stereocenters. The first kappa shape index (κ1) is 10.9. The van der Waals surface area contributed by atoms with Crippen molar-refractivity contribution in [2.45, 2.75) is 33.0 Å². The maximum Gasteiger partial charge on any atom is 0.138 e. The van der Waals surface area contributed by atoms with Gasteiger partial charge in [-0.3, -0.25) is 5.10 Å². The lowest BCUT2D eigenvalue weighted by Gasteiger charge is -2.08. The lowest BCUT2D eigenvalue weighted by molar-refractivity contribution is 0.593. The minimum Gasteiger partial charge on any atom is -0.350 e.